The zero-order chi connectivity index (χ0) is 23.1. The normalized spacial score (nSPS) is 12.3. The molecule has 0 aliphatic carbocycles. The molecule has 0 atom stereocenters. The highest BCUT2D eigenvalue weighted by molar-refractivity contribution is 7.90. The largest absolute Gasteiger partial charge is 0.435 e. The molecule has 32 heavy (non-hydrogen) atoms. The van der Waals surface area contributed by atoms with E-state index in [2.05, 4.69) is 15.1 Å². The number of hydrogen-bond acceptors (Lipinski definition) is 6. The van der Waals surface area contributed by atoms with Crippen LogP contribution < -0.4 is 0 Å². The average Bonchev–Trinajstić information content (AvgIpc) is 3.43. The highest BCUT2D eigenvalue weighted by Crippen LogP contribution is 2.35. The lowest BCUT2D eigenvalue weighted by Crippen LogP contribution is -2.08. The number of benzene rings is 1. The first-order valence-corrected chi connectivity index (χ1v) is 12.3. The Morgan fingerprint density at radius 3 is 2.44 bits per heavy atom. The van der Waals surface area contributed by atoms with Crippen molar-refractivity contribution < 1.29 is 21.6 Å². The molecule has 6 nitrogen and oxygen atoms in total. The van der Waals surface area contributed by atoms with Gasteiger partial charge in [0.2, 0.25) is 0 Å². The highest BCUT2D eigenvalue weighted by Gasteiger charge is 2.35. The summed E-state index contributed by atoms with van der Waals surface area (Å²) in [5, 5.41) is 5.63. The van der Waals surface area contributed by atoms with Gasteiger partial charge in [-0.05, 0) is 36.2 Å². The van der Waals surface area contributed by atoms with Crippen molar-refractivity contribution in [2.24, 2.45) is 0 Å². The van der Waals surface area contributed by atoms with Gasteiger partial charge in [-0.3, -0.25) is 0 Å². The van der Waals surface area contributed by atoms with Crippen molar-refractivity contribution in [2.45, 2.75) is 24.4 Å². The van der Waals surface area contributed by atoms with Gasteiger partial charge in [-0.1, -0.05) is 19.1 Å². The van der Waals surface area contributed by atoms with Gasteiger partial charge in [0.1, 0.15) is 0 Å². The van der Waals surface area contributed by atoms with E-state index in [-0.39, 0.29) is 16.4 Å². The molecule has 0 saturated heterocycles. The van der Waals surface area contributed by atoms with Gasteiger partial charge < -0.3 is 0 Å². The van der Waals surface area contributed by atoms with Gasteiger partial charge in [-0.2, -0.15) is 18.3 Å². The number of nitrogens with zero attached hydrogens (tertiary/aromatic N) is 4. The maximum Gasteiger partial charge on any atom is 0.435 e. The van der Waals surface area contributed by atoms with E-state index in [0.717, 1.165) is 40.0 Å². The Hall–Kier alpha value is -3.05. The molecule has 0 unspecified atom stereocenters. The van der Waals surface area contributed by atoms with Crippen LogP contribution in [0.1, 0.15) is 18.2 Å². The van der Waals surface area contributed by atoms with E-state index in [1.807, 2.05) is 24.4 Å². The third-order valence-electron chi connectivity index (χ3n) is 4.86. The molecular formula is C21H17F3N4O2S2. The summed E-state index contributed by atoms with van der Waals surface area (Å²) in [5.74, 6) is 0.0736. The molecule has 0 saturated carbocycles. The summed E-state index contributed by atoms with van der Waals surface area (Å²) in [4.78, 5) is 8.33. The minimum atomic E-state index is -4.65. The van der Waals surface area contributed by atoms with Crippen LogP contribution in [0, 0.1) is 0 Å². The quantitative estimate of drug-likeness (QED) is 0.402. The molecule has 4 aromatic rings. The molecule has 166 valence electrons. The van der Waals surface area contributed by atoms with Crippen molar-refractivity contribution in [3.05, 3.63) is 64.7 Å². The first-order chi connectivity index (χ1) is 15.1. The summed E-state index contributed by atoms with van der Waals surface area (Å²) in [6.07, 6.45) is -1.86. The molecule has 4 rings (SSSR count). The third kappa shape index (κ3) is 4.30. The number of alkyl halides is 3. The summed E-state index contributed by atoms with van der Waals surface area (Å²) >= 11 is 1.46. The van der Waals surface area contributed by atoms with Crippen molar-refractivity contribution in [3.8, 4) is 28.3 Å². The van der Waals surface area contributed by atoms with Crippen molar-refractivity contribution >= 4 is 21.2 Å². The number of thiazole rings is 1. The minimum Gasteiger partial charge on any atom is -0.245 e. The van der Waals surface area contributed by atoms with E-state index < -0.39 is 21.7 Å². The van der Waals surface area contributed by atoms with Gasteiger partial charge in [0.25, 0.3) is 0 Å². The number of rotatable bonds is 5. The molecule has 0 aliphatic rings. The maximum absolute atomic E-state index is 13.4. The number of sulfone groups is 1. The van der Waals surface area contributed by atoms with Crippen LogP contribution in [-0.2, 0) is 22.4 Å². The van der Waals surface area contributed by atoms with Crippen LogP contribution in [0.4, 0.5) is 13.2 Å². The van der Waals surface area contributed by atoms with Crippen LogP contribution >= 0.6 is 11.3 Å². The lowest BCUT2D eigenvalue weighted by atomic mass is 9.98. The number of hydrogen-bond donors (Lipinski definition) is 0. The molecule has 3 heterocycles. The van der Waals surface area contributed by atoms with Gasteiger partial charge in [0.05, 0.1) is 21.8 Å². The van der Waals surface area contributed by atoms with Crippen LogP contribution in [0.15, 0.2) is 58.4 Å². The van der Waals surface area contributed by atoms with E-state index in [1.165, 1.54) is 23.5 Å². The van der Waals surface area contributed by atoms with Gasteiger partial charge in [0.15, 0.2) is 21.3 Å². The second-order valence-electron chi connectivity index (χ2n) is 7.05. The summed E-state index contributed by atoms with van der Waals surface area (Å²) < 4.78 is 64.8. The van der Waals surface area contributed by atoms with E-state index in [9.17, 15) is 21.6 Å². The first kappa shape index (κ1) is 22.2. The number of pyridine rings is 1. The number of halogens is 3. The van der Waals surface area contributed by atoms with E-state index in [4.69, 9.17) is 0 Å². The Morgan fingerprint density at radius 1 is 1.09 bits per heavy atom. The van der Waals surface area contributed by atoms with Crippen LogP contribution in [0.3, 0.4) is 0 Å². The predicted molar refractivity (Wildman–Crippen MR) is 115 cm³/mol. The molecule has 3 aromatic heterocycles. The SMILES string of the molecule is CCc1cc(-c2cc(C(F)(F)F)nn2-c2ccc(S(C)(=O)=O)cn2)ccc1-c1cscn1. The topological polar surface area (TPSA) is 77.7 Å². The smallest absolute Gasteiger partial charge is 0.245 e. The summed E-state index contributed by atoms with van der Waals surface area (Å²) in [6.45, 7) is 1.96. The molecule has 11 heteroatoms. The van der Waals surface area contributed by atoms with Crippen molar-refractivity contribution in [1.82, 2.24) is 19.7 Å². The van der Waals surface area contributed by atoms with E-state index in [1.54, 1.807) is 11.6 Å². The Bertz CT molecular complexity index is 1360. The molecule has 1 aromatic carbocycles. The average molecular weight is 479 g/mol. The molecule has 0 N–H and O–H groups in total. The van der Waals surface area contributed by atoms with E-state index in [0.29, 0.717) is 12.0 Å². The lowest BCUT2D eigenvalue weighted by molar-refractivity contribution is -0.141. The molecule has 0 radical (unpaired) electrons. The fraction of sp³-hybridized carbons (Fsp3) is 0.190. The molecule has 0 spiro atoms. The molecule has 0 amide bonds. The van der Waals surface area contributed by atoms with Crippen LogP contribution in [-0.4, -0.2) is 34.4 Å². The fourth-order valence-electron chi connectivity index (χ4n) is 3.26. The zero-order valence-corrected chi connectivity index (χ0v) is 18.6. The van der Waals surface area contributed by atoms with Gasteiger partial charge in [-0.15, -0.1) is 11.3 Å². The second-order valence-corrected chi connectivity index (χ2v) is 9.78. The molecule has 0 fully saturated rings. The lowest BCUT2D eigenvalue weighted by Gasteiger charge is -2.11. The van der Waals surface area contributed by atoms with Crippen molar-refractivity contribution in [1.29, 1.82) is 0 Å². The zero-order valence-electron chi connectivity index (χ0n) is 17.0. The summed E-state index contributed by atoms with van der Waals surface area (Å²) in [5.41, 5.74) is 4.02. The summed E-state index contributed by atoms with van der Waals surface area (Å²) in [6, 6.07) is 8.94. The van der Waals surface area contributed by atoms with Crippen LogP contribution in [0.25, 0.3) is 28.3 Å². The first-order valence-electron chi connectivity index (χ1n) is 9.43. The van der Waals surface area contributed by atoms with Gasteiger partial charge in [0, 0.05) is 29.0 Å². The monoisotopic (exact) mass is 478 g/mol. The van der Waals surface area contributed by atoms with Gasteiger partial charge in [-0.25, -0.2) is 23.1 Å². The molecule has 0 bridgehead atoms. The predicted octanol–water partition coefficient (Wildman–Crippen LogP) is 5.04. The second kappa shape index (κ2) is 8.14. The Labute approximate surface area is 186 Å². The Balaban J connectivity index is 1.86. The molecular weight excluding hydrogens is 461 g/mol. The van der Waals surface area contributed by atoms with Gasteiger partial charge >= 0.3 is 6.18 Å². The number of aromatic nitrogens is 4. The Morgan fingerprint density at radius 2 is 1.88 bits per heavy atom. The number of aryl methyl sites for hydroxylation is 1. The maximum atomic E-state index is 13.4. The third-order valence-corrected chi connectivity index (χ3v) is 6.54. The van der Waals surface area contributed by atoms with Crippen molar-refractivity contribution in [3.63, 3.8) is 0 Å². The van der Waals surface area contributed by atoms with Crippen molar-refractivity contribution in [2.75, 3.05) is 6.26 Å². The minimum absolute atomic E-state index is 0.0353. The highest BCUT2D eigenvalue weighted by atomic mass is 32.2. The van der Waals surface area contributed by atoms with Crippen LogP contribution in [0.5, 0.6) is 0 Å². The van der Waals surface area contributed by atoms with E-state index >= 15 is 0 Å². The standard InChI is InChI=1S/C21H17F3N4O2S2/c1-3-13-8-14(4-6-16(13)17-11-31-12-26-17)18-9-19(21(22,23)24)27-28(18)20-7-5-15(10-25-20)32(2,29)30/h4-12H,3H2,1-2H3. The fourth-order valence-corrected chi connectivity index (χ4v) is 4.37. The van der Waals surface area contributed by atoms with Crippen LogP contribution in [0.2, 0.25) is 0 Å². The summed E-state index contributed by atoms with van der Waals surface area (Å²) in [7, 11) is -3.49. The Kier molecular flexibility index (Phi) is 5.63. The molecule has 0 aliphatic heterocycles.